The van der Waals surface area contributed by atoms with E-state index in [1.165, 1.54) is 11.1 Å². The predicted molar refractivity (Wildman–Crippen MR) is 150 cm³/mol. The minimum Gasteiger partial charge on any atom is -0.494 e. The van der Waals surface area contributed by atoms with Crippen LogP contribution in [0.15, 0.2) is 77.3 Å². The highest BCUT2D eigenvalue weighted by molar-refractivity contribution is 9.10. The molecule has 0 fully saturated rings. The Kier molecular flexibility index (Phi) is 9.56. The van der Waals surface area contributed by atoms with Gasteiger partial charge in [-0.05, 0) is 81.1 Å². The van der Waals surface area contributed by atoms with Gasteiger partial charge >= 0.3 is 0 Å². The molecule has 1 amide bonds. The summed E-state index contributed by atoms with van der Waals surface area (Å²) in [5, 5.41) is 3.02. The predicted octanol–water partition coefficient (Wildman–Crippen LogP) is 7.11. The maximum atomic E-state index is 12.2. The molecule has 6 heteroatoms. The smallest absolute Gasteiger partial charge is 0.251 e. The molecular formula is C30H34BrN3O2. The van der Waals surface area contributed by atoms with E-state index in [-0.39, 0.29) is 5.91 Å². The number of ether oxygens (including phenoxy) is 1. The summed E-state index contributed by atoms with van der Waals surface area (Å²) in [5.74, 6) is 2.06. The third kappa shape index (κ3) is 7.44. The molecule has 4 rings (SSSR count). The van der Waals surface area contributed by atoms with Crippen molar-refractivity contribution in [2.75, 3.05) is 13.2 Å². The van der Waals surface area contributed by atoms with Crippen molar-refractivity contribution in [1.82, 2.24) is 14.9 Å². The monoisotopic (exact) mass is 547 g/mol. The Balaban J connectivity index is 1.21. The molecule has 0 spiro atoms. The topological polar surface area (TPSA) is 56.1 Å². The van der Waals surface area contributed by atoms with E-state index in [1.807, 2.05) is 42.5 Å². The van der Waals surface area contributed by atoms with E-state index in [9.17, 15) is 4.79 Å². The van der Waals surface area contributed by atoms with Gasteiger partial charge in [0.2, 0.25) is 0 Å². The number of halogens is 1. The van der Waals surface area contributed by atoms with Crippen LogP contribution in [0.3, 0.4) is 0 Å². The standard InChI is InChI=1S/C30H34BrN3O2/c1-23-12-18-26(19-13-23)36-22-8-7-21-34-28-10-5-4-9-27(28)33-29(34)11-3-2-6-20-32-30(35)24-14-16-25(31)17-15-24/h4-5,9-10,12-19H,2-3,6-8,11,20-22H2,1H3,(H,32,35). The lowest BCUT2D eigenvalue weighted by atomic mass is 10.1. The summed E-state index contributed by atoms with van der Waals surface area (Å²) >= 11 is 3.40. The molecule has 188 valence electrons. The normalized spacial score (nSPS) is 11.1. The van der Waals surface area contributed by atoms with Crippen LogP contribution in [0.1, 0.15) is 53.8 Å². The minimum absolute atomic E-state index is 0.0179. The Morgan fingerprint density at radius 3 is 2.50 bits per heavy atom. The first kappa shape index (κ1) is 26.0. The molecule has 1 aromatic heterocycles. The van der Waals surface area contributed by atoms with Crippen molar-refractivity contribution < 1.29 is 9.53 Å². The fraction of sp³-hybridized carbons (Fsp3) is 0.333. The van der Waals surface area contributed by atoms with Crippen LogP contribution in [0.2, 0.25) is 0 Å². The Hall–Kier alpha value is -3.12. The molecule has 36 heavy (non-hydrogen) atoms. The summed E-state index contributed by atoms with van der Waals surface area (Å²) in [6, 6.07) is 24.0. The van der Waals surface area contributed by atoms with E-state index >= 15 is 0 Å². The molecule has 4 aromatic rings. The zero-order valence-corrected chi connectivity index (χ0v) is 22.5. The lowest BCUT2D eigenvalue weighted by molar-refractivity contribution is 0.0953. The summed E-state index contributed by atoms with van der Waals surface area (Å²) in [5.41, 5.74) is 4.20. The second kappa shape index (κ2) is 13.3. The summed E-state index contributed by atoms with van der Waals surface area (Å²) in [6.07, 6.45) is 6.04. The highest BCUT2D eigenvalue weighted by Gasteiger charge is 2.10. The summed E-state index contributed by atoms with van der Waals surface area (Å²) in [6.45, 7) is 4.43. The number of carbonyl (C=O) groups is 1. The molecule has 3 aromatic carbocycles. The first-order valence-electron chi connectivity index (χ1n) is 12.8. The molecule has 0 atom stereocenters. The Morgan fingerprint density at radius 2 is 1.69 bits per heavy atom. The van der Waals surface area contributed by atoms with Gasteiger partial charge in [-0.15, -0.1) is 0 Å². The summed E-state index contributed by atoms with van der Waals surface area (Å²) < 4.78 is 9.24. The lowest BCUT2D eigenvalue weighted by Gasteiger charge is -2.11. The fourth-order valence-electron chi connectivity index (χ4n) is 4.25. The number of amides is 1. The molecule has 0 unspecified atom stereocenters. The minimum atomic E-state index is -0.0179. The molecule has 0 aliphatic heterocycles. The second-order valence-corrected chi connectivity index (χ2v) is 10.0. The molecule has 0 aliphatic rings. The number of imidazole rings is 1. The van der Waals surface area contributed by atoms with E-state index in [0.29, 0.717) is 12.1 Å². The summed E-state index contributed by atoms with van der Waals surface area (Å²) in [7, 11) is 0. The fourth-order valence-corrected chi connectivity index (χ4v) is 4.52. The first-order valence-corrected chi connectivity index (χ1v) is 13.6. The first-order chi connectivity index (χ1) is 17.6. The second-order valence-electron chi connectivity index (χ2n) is 9.11. The van der Waals surface area contributed by atoms with Crippen molar-refractivity contribution in [1.29, 1.82) is 0 Å². The molecule has 0 aliphatic carbocycles. The zero-order chi connectivity index (χ0) is 25.2. The number of carbonyl (C=O) groups excluding carboxylic acids is 1. The maximum Gasteiger partial charge on any atom is 0.251 e. The number of fused-ring (bicyclic) bond motifs is 1. The highest BCUT2D eigenvalue weighted by atomic mass is 79.9. The number of nitrogens with one attached hydrogen (secondary N) is 1. The number of nitrogens with zero attached hydrogens (tertiary/aromatic N) is 2. The molecule has 0 saturated heterocycles. The van der Waals surface area contributed by atoms with Gasteiger partial charge in [-0.1, -0.05) is 52.2 Å². The van der Waals surface area contributed by atoms with Gasteiger partial charge in [0, 0.05) is 29.5 Å². The Labute approximate surface area is 222 Å². The van der Waals surface area contributed by atoms with Gasteiger partial charge in [-0.2, -0.15) is 0 Å². The average molecular weight is 549 g/mol. The molecular weight excluding hydrogens is 514 g/mol. The SMILES string of the molecule is Cc1ccc(OCCCCn2c(CCCCCNC(=O)c3ccc(Br)cc3)nc3ccccc32)cc1. The maximum absolute atomic E-state index is 12.2. The van der Waals surface area contributed by atoms with Crippen LogP contribution < -0.4 is 10.1 Å². The van der Waals surface area contributed by atoms with Gasteiger partial charge in [0.15, 0.2) is 0 Å². The number of hydrogen-bond donors (Lipinski definition) is 1. The van der Waals surface area contributed by atoms with Crippen LogP contribution in [-0.2, 0) is 13.0 Å². The van der Waals surface area contributed by atoms with Gasteiger partial charge in [-0.3, -0.25) is 4.79 Å². The molecule has 0 radical (unpaired) electrons. The average Bonchev–Trinajstić information content (AvgIpc) is 3.24. The zero-order valence-electron chi connectivity index (χ0n) is 20.9. The van der Waals surface area contributed by atoms with Gasteiger partial charge in [0.05, 0.1) is 17.6 Å². The quantitative estimate of drug-likeness (QED) is 0.181. The van der Waals surface area contributed by atoms with Crippen LogP contribution in [0.25, 0.3) is 11.0 Å². The van der Waals surface area contributed by atoms with Crippen molar-refractivity contribution in [2.24, 2.45) is 0 Å². The number of rotatable bonds is 13. The molecule has 0 bridgehead atoms. The van der Waals surface area contributed by atoms with E-state index in [2.05, 4.69) is 63.1 Å². The van der Waals surface area contributed by atoms with Gasteiger partial charge in [-0.25, -0.2) is 4.98 Å². The van der Waals surface area contributed by atoms with Crippen LogP contribution in [0, 0.1) is 6.92 Å². The van der Waals surface area contributed by atoms with E-state index < -0.39 is 0 Å². The van der Waals surface area contributed by atoms with Gasteiger partial charge in [0.1, 0.15) is 11.6 Å². The Morgan fingerprint density at radius 1 is 0.917 bits per heavy atom. The van der Waals surface area contributed by atoms with Gasteiger partial charge in [0.25, 0.3) is 5.91 Å². The van der Waals surface area contributed by atoms with Crippen LogP contribution in [0.4, 0.5) is 0 Å². The van der Waals surface area contributed by atoms with E-state index in [4.69, 9.17) is 9.72 Å². The molecule has 5 nitrogen and oxygen atoms in total. The number of para-hydroxylation sites is 2. The van der Waals surface area contributed by atoms with E-state index in [0.717, 1.165) is 73.2 Å². The van der Waals surface area contributed by atoms with Crippen molar-refractivity contribution in [3.63, 3.8) is 0 Å². The Bertz CT molecular complexity index is 1250. The number of aryl methyl sites for hydroxylation is 3. The van der Waals surface area contributed by atoms with E-state index in [1.54, 1.807) is 0 Å². The van der Waals surface area contributed by atoms with Crippen molar-refractivity contribution in [2.45, 2.75) is 52.0 Å². The lowest BCUT2D eigenvalue weighted by Crippen LogP contribution is -2.24. The molecule has 1 N–H and O–H groups in total. The van der Waals surface area contributed by atoms with Gasteiger partial charge < -0.3 is 14.6 Å². The van der Waals surface area contributed by atoms with Crippen molar-refractivity contribution >= 4 is 32.9 Å². The third-order valence-electron chi connectivity index (χ3n) is 6.27. The number of benzene rings is 3. The largest absolute Gasteiger partial charge is 0.494 e. The van der Waals surface area contributed by atoms with Crippen LogP contribution in [0.5, 0.6) is 5.75 Å². The van der Waals surface area contributed by atoms with Crippen molar-refractivity contribution in [3.8, 4) is 5.75 Å². The number of unbranched alkanes of at least 4 members (excludes halogenated alkanes) is 3. The third-order valence-corrected chi connectivity index (χ3v) is 6.80. The highest BCUT2D eigenvalue weighted by Crippen LogP contribution is 2.19. The van der Waals surface area contributed by atoms with Crippen molar-refractivity contribution in [3.05, 3.63) is 94.2 Å². The van der Waals surface area contributed by atoms with Crippen LogP contribution >= 0.6 is 15.9 Å². The molecule has 0 saturated carbocycles. The summed E-state index contributed by atoms with van der Waals surface area (Å²) in [4.78, 5) is 17.2. The molecule has 1 heterocycles. The number of aromatic nitrogens is 2. The van der Waals surface area contributed by atoms with Crippen LogP contribution in [-0.4, -0.2) is 28.6 Å². The number of hydrogen-bond acceptors (Lipinski definition) is 3.